The Morgan fingerprint density at radius 2 is 1.73 bits per heavy atom. The Kier molecular flexibility index (Phi) is 7.87. The van der Waals surface area contributed by atoms with E-state index in [1.165, 1.54) is 34.8 Å². The molecule has 0 unspecified atom stereocenters. The van der Waals surface area contributed by atoms with Gasteiger partial charge in [-0.15, -0.1) is 0 Å². The van der Waals surface area contributed by atoms with E-state index in [1.807, 2.05) is 6.08 Å². The summed E-state index contributed by atoms with van der Waals surface area (Å²) in [6.45, 7) is 8.68. The number of piperidine rings is 1. The third-order valence-electron chi connectivity index (χ3n) is 7.46. The molecule has 0 radical (unpaired) electrons. The number of carbonyl (C=O) groups is 1. The molecule has 2 aliphatic rings. The number of carboxylic acid groups (broad SMARTS) is 1. The summed E-state index contributed by atoms with van der Waals surface area (Å²) in [6.07, 6.45) is 11.6. The van der Waals surface area contributed by atoms with Gasteiger partial charge in [0, 0.05) is 6.54 Å². The third kappa shape index (κ3) is 6.05. The lowest BCUT2D eigenvalue weighted by Gasteiger charge is -2.30. The van der Waals surface area contributed by atoms with Crippen LogP contribution in [-0.4, -0.2) is 35.2 Å². The first kappa shape index (κ1) is 23.6. The summed E-state index contributed by atoms with van der Waals surface area (Å²) in [7, 11) is 0. The predicted octanol–water partition coefficient (Wildman–Crippen LogP) is 6.60. The maximum absolute atomic E-state index is 11.2. The normalized spacial score (nSPS) is 22.9. The number of fused-ring (bicyclic) bond motifs is 1. The van der Waals surface area contributed by atoms with E-state index in [2.05, 4.69) is 60.9 Å². The van der Waals surface area contributed by atoms with Gasteiger partial charge in [0.25, 0.3) is 0 Å². The van der Waals surface area contributed by atoms with Crippen molar-refractivity contribution in [3.05, 3.63) is 66.3 Å². The van der Waals surface area contributed by atoms with E-state index < -0.39 is 5.97 Å². The molecule has 2 fully saturated rings. The second-order valence-corrected chi connectivity index (χ2v) is 9.65. The molecule has 0 bridgehead atoms. The van der Waals surface area contributed by atoms with E-state index in [4.69, 9.17) is 4.74 Å². The van der Waals surface area contributed by atoms with Crippen LogP contribution in [0.2, 0.25) is 0 Å². The lowest BCUT2D eigenvalue weighted by atomic mass is 9.81. The van der Waals surface area contributed by atoms with E-state index >= 15 is 0 Å². The van der Waals surface area contributed by atoms with Crippen molar-refractivity contribution >= 4 is 16.7 Å². The second kappa shape index (κ2) is 11.0. The lowest BCUT2D eigenvalue weighted by Crippen LogP contribution is -2.35. The standard InChI is InChI=1S/C29H37NO3/c1-3-5-22(4-2)23-8-11-27(12-9-23)33-28-13-10-25-18-21(6-7-26(25)19-28)20-30-16-14-24(15-17-30)29(31)32/h3,5-7,10,13,18-19,23-24,27H,1,4,8-9,11-12,14-17,20H2,2H3,(H,31,32)/b22-5+/t23-,27+. The average molecular weight is 448 g/mol. The van der Waals surface area contributed by atoms with Crippen molar-refractivity contribution in [3.63, 3.8) is 0 Å². The first-order chi connectivity index (χ1) is 16.1. The molecule has 2 aromatic carbocycles. The van der Waals surface area contributed by atoms with E-state index in [0.29, 0.717) is 12.0 Å². The molecule has 0 aromatic heterocycles. The predicted molar refractivity (Wildman–Crippen MR) is 135 cm³/mol. The maximum Gasteiger partial charge on any atom is 0.306 e. The van der Waals surface area contributed by atoms with Crippen molar-refractivity contribution < 1.29 is 14.6 Å². The van der Waals surface area contributed by atoms with Gasteiger partial charge in [0.05, 0.1) is 12.0 Å². The Morgan fingerprint density at radius 3 is 2.39 bits per heavy atom. The van der Waals surface area contributed by atoms with Crippen molar-refractivity contribution in [2.75, 3.05) is 13.1 Å². The summed E-state index contributed by atoms with van der Waals surface area (Å²) in [5.74, 6) is 0.815. The van der Waals surface area contributed by atoms with E-state index in [1.54, 1.807) is 0 Å². The van der Waals surface area contributed by atoms with Gasteiger partial charge >= 0.3 is 5.97 Å². The Bertz CT molecular complexity index is 995. The van der Waals surface area contributed by atoms with E-state index in [0.717, 1.165) is 57.5 Å². The number of hydrogen-bond acceptors (Lipinski definition) is 3. The SMILES string of the molecule is C=C/C=C(\CC)[C@H]1CC[C@@H](Oc2ccc3cc(CN4CCC(C(=O)O)CC4)ccc3c2)CC1. The molecule has 0 amide bonds. The molecule has 4 heteroatoms. The highest BCUT2D eigenvalue weighted by Crippen LogP contribution is 2.34. The first-order valence-electron chi connectivity index (χ1n) is 12.5. The molecular weight excluding hydrogens is 410 g/mol. The van der Waals surface area contributed by atoms with Gasteiger partial charge in [-0.1, -0.05) is 49.4 Å². The zero-order valence-electron chi connectivity index (χ0n) is 19.8. The van der Waals surface area contributed by atoms with Crippen molar-refractivity contribution in [2.24, 2.45) is 11.8 Å². The van der Waals surface area contributed by atoms with Crippen molar-refractivity contribution in [2.45, 2.75) is 64.5 Å². The van der Waals surface area contributed by atoms with E-state index in [-0.39, 0.29) is 5.92 Å². The highest BCUT2D eigenvalue weighted by molar-refractivity contribution is 5.84. The van der Waals surface area contributed by atoms with Crippen LogP contribution in [0.25, 0.3) is 10.8 Å². The van der Waals surface area contributed by atoms with Crippen LogP contribution < -0.4 is 4.74 Å². The van der Waals surface area contributed by atoms with Crippen LogP contribution in [0, 0.1) is 11.8 Å². The number of nitrogens with zero attached hydrogens (tertiary/aromatic N) is 1. The summed E-state index contributed by atoms with van der Waals surface area (Å²) < 4.78 is 6.37. The van der Waals surface area contributed by atoms with Crippen molar-refractivity contribution in [1.82, 2.24) is 4.90 Å². The maximum atomic E-state index is 11.2. The van der Waals surface area contributed by atoms with Crippen LogP contribution in [0.15, 0.2) is 60.7 Å². The molecule has 33 heavy (non-hydrogen) atoms. The van der Waals surface area contributed by atoms with Crippen molar-refractivity contribution in [1.29, 1.82) is 0 Å². The van der Waals surface area contributed by atoms with Gasteiger partial charge in [-0.05, 0) is 98.5 Å². The molecule has 4 nitrogen and oxygen atoms in total. The first-order valence-corrected chi connectivity index (χ1v) is 12.5. The number of carboxylic acids is 1. The fraction of sp³-hybridized carbons (Fsp3) is 0.483. The monoisotopic (exact) mass is 447 g/mol. The quantitative estimate of drug-likeness (QED) is 0.463. The lowest BCUT2D eigenvalue weighted by molar-refractivity contribution is -0.143. The number of likely N-dealkylation sites (tertiary alicyclic amines) is 1. The van der Waals surface area contributed by atoms with Gasteiger partial charge in [-0.3, -0.25) is 9.69 Å². The van der Waals surface area contributed by atoms with Gasteiger partial charge in [-0.2, -0.15) is 0 Å². The Hall–Kier alpha value is -2.59. The number of aliphatic carboxylic acids is 1. The topological polar surface area (TPSA) is 49.8 Å². The minimum absolute atomic E-state index is 0.177. The van der Waals surface area contributed by atoms with Crippen LogP contribution in [0.5, 0.6) is 5.75 Å². The Balaban J connectivity index is 1.32. The Morgan fingerprint density at radius 1 is 1.03 bits per heavy atom. The molecule has 2 aromatic rings. The summed E-state index contributed by atoms with van der Waals surface area (Å²) in [4.78, 5) is 13.5. The minimum atomic E-state index is -0.651. The minimum Gasteiger partial charge on any atom is -0.490 e. The second-order valence-electron chi connectivity index (χ2n) is 9.65. The average Bonchev–Trinajstić information content (AvgIpc) is 2.83. The third-order valence-corrected chi connectivity index (χ3v) is 7.46. The molecule has 1 aliphatic heterocycles. The smallest absolute Gasteiger partial charge is 0.306 e. The summed E-state index contributed by atoms with van der Waals surface area (Å²) in [5.41, 5.74) is 2.80. The molecule has 0 atom stereocenters. The van der Waals surface area contributed by atoms with Crippen LogP contribution in [0.3, 0.4) is 0 Å². The van der Waals surface area contributed by atoms with Crippen LogP contribution in [-0.2, 0) is 11.3 Å². The van der Waals surface area contributed by atoms with Gasteiger partial charge in [0.15, 0.2) is 0 Å². The number of ether oxygens (including phenoxy) is 1. The summed E-state index contributed by atoms with van der Waals surface area (Å²) >= 11 is 0. The fourth-order valence-electron chi connectivity index (χ4n) is 5.48. The van der Waals surface area contributed by atoms with Gasteiger partial charge < -0.3 is 9.84 Å². The highest BCUT2D eigenvalue weighted by atomic mass is 16.5. The van der Waals surface area contributed by atoms with Crippen molar-refractivity contribution in [3.8, 4) is 5.75 Å². The molecule has 1 saturated heterocycles. The molecular formula is C29H37NO3. The van der Waals surface area contributed by atoms with Gasteiger partial charge in [-0.25, -0.2) is 0 Å². The molecule has 176 valence electrons. The summed E-state index contributed by atoms with van der Waals surface area (Å²) in [6, 6.07) is 13.1. The summed E-state index contributed by atoms with van der Waals surface area (Å²) in [5, 5.41) is 11.6. The molecule has 1 aliphatic carbocycles. The van der Waals surface area contributed by atoms with Crippen LogP contribution in [0.4, 0.5) is 0 Å². The molecule has 1 saturated carbocycles. The number of benzene rings is 2. The Labute approximate surface area is 197 Å². The number of rotatable bonds is 8. The largest absolute Gasteiger partial charge is 0.490 e. The molecule has 4 rings (SSSR count). The fourth-order valence-corrected chi connectivity index (χ4v) is 5.48. The molecule has 1 N–H and O–H groups in total. The van der Waals surface area contributed by atoms with Gasteiger partial charge in [0.2, 0.25) is 0 Å². The number of hydrogen-bond donors (Lipinski definition) is 1. The van der Waals surface area contributed by atoms with Gasteiger partial charge in [0.1, 0.15) is 5.75 Å². The van der Waals surface area contributed by atoms with E-state index in [9.17, 15) is 9.90 Å². The van der Waals surface area contributed by atoms with Crippen LogP contribution in [0.1, 0.15) is 57.4 Å². The number of allylic oxidation sites excluding steroid dienone is 3. The molecule has 1 heterocycles. The zero-order valence-corrected chi connectivity index (χ0v) is 19.8. The highest BCUT2D eigenvalue weighted by Gasteiger charge is 2.25. The zero-order chi connectivity index (χ0) is 23.2. The molecule has 0 spiro atoms. The van der Waals surface area contributed by atoms with Crippen LogP contribution >= 0.6 is 0 Å².